The molecule has 1 fully saturated rings. The second-order valence-electron chi connectivity index (χ2n) is 4.24. The Morgan fingerprint density at radius 2 is 1.75 bits per heavy atom. The lowest BCUT2D eigenvalue weighted by Crippen LogP contribution is -2.35. The van der Waals surface area contributed by atoms with E-state index < -0.39 is 0 Å². The van der Waals surface area contributed by atoms with Gasteiger partial charge in [0, 0.05) is 26.2 Å². The third-order valence-corrected chi connectivity index (χ3v) is 2.91. The normalized spacial score (nSPS) is 17.6. The fourth-order valence-electron chi connectivity index (χ4n) is 1.98. The van der Waals surface area contributed by atoms with Crippen molar-refractivity contribution in [1.82, 2.24) is 10.2 Å². The molecule has 16 heavy (non-hydrogen) atoms. The molecule has 0 aromatic heterocycles. The van der Waals surface area contributed by atoms with E-state index in [2.05, 4.69) is 34.5 Å². The topological polar surface area (TPSA) is 24.5 Å². The van der Waals surface area contributed by atoms with Crippen molar-refractivity contribution >= 4 is 0 Å². The second-order valence-corrected chi connectivity index (χ2v) is 4.24. The summed E-state index contributed by atoms with van der Waals surface area (Å²) in [6.45, 7) is 5.84. The summed E-state index contributed by atoms with van der Waals surface area (Å²) in [4.78, 5) is 2.44. The van der Waals surface area contributed by atoms with Crippen LogP contribution in [-0.2, 0) is 17.8 Å². The van der Waals surface area contributed by atoms with Gasteiger partial charge in [-0.05, 0) is 18.2 Å². The zero-order valence-electron chi connectivity index (χ0n) is 9.91. The number of nitrogens with one attached hydrogen (secondary N) is 1. The summed E-state index contributed by atoms with van der Waals surface area (Å²) in [5.41, 5.74) is 2.73. The van der Waals surface area contributed by atoms with Crippen LogP contribution in [0.1, 0.15) is 11.1 Å². The largest absolute Gasteiger partial charge is 0.379 e. The molecule has 1 aliphatic rings. The molecule has 0 unspecified atom stereocenters. The van der Waals surface area contributed by atoms with Gasteiger partial charge in [-0.15, -0.1) is 0 Å². The minimum atomic E-state index is 0.873. The second kappa shape index (κ2) is 5.99. The highest BCUT2D eigenvalue weighted by atomic mass is 16.5. The van der Waals surface area contributed by atoms with Crippen molar-refractivity contribution < 1.29 is 4.74 Å². The molecule has 0 saturated carbocycles. The minimum Gasteiger partial charge on any atom is -0.379 e. The highest BCUT2D eigenvalue weighted by Crippen LogP contribution is 2.08. The molecule has 1 N–H and O–H groups in total. The Morgan fingerprint density at radius 3 is 2.38 bits per heavy atom. The van der Waals surface area contributed by atoms with Crippen LogP contribution in [-0.4, -0.2) is 38.3 Å². The maximum atomic E-state index is 5.34. The summed E-state index contributed by atoms with van der Waals surface area (Å²) >= 11 is 0. The Balaban J connectivity index is 1.88. The van der Waals surface area contributed by atoms with E-state index in [4.69, 9.17) is 4.74 Å². The van der Waals surface area contributed by atoms with Crippen molar-refractivity contribution in [3.8, 4) is 0 Å². The molecular weight excluding hydrogens is 200 g/mol. The molecule has 0 aliphatic carbocycles. The van der Waals surface area contributed by atoms with Gasteiger partial charge < -0.3 is 10.1 Å². The lowest BCUT2D eigenvalue weighted by Gasteiger charge is -2.26. The van der Waals surface area contributed by atoms with Crippen molar-refractivity contribution in [3.63, 3.8) is 0 Å². The number of hydrogen-bond donors (Lipinski definition) is 1. The van der Waals surface area contributed by atoms with Crippen molar-refractivity contribution in [3.05, 3.63) is 35.4 Å². The Labute approximate surface area is 97.4 Å². The highest BCUT2D eigenvalue weighted by molar-refractivity contribution is 5.22. The van der Waals surface area contributed by atoms with Crippen molar-refractivity contribution in [2.45, 2.75) is 13.1 Å². The highest BCUT2D eigenvalue weighted by Gasteiger charge is 2.10. The van der Waals surface area contributed by atoms with Gasteiger partial charge in [0.05, 0.1) is 13.2 Å². The van der Waals surface area contributed by atoms with Crippen LogP contribution in [0.3, 0.4) is 0 Å². The van der Waals surface area contributed by atoms with Crippen molar-refractivity contribution in [1.29, 1.82) is 0 Å². The average Bonchev–Trinajstić information content (AvgIpc) is 2.33. The molecule has 1 saturated heterocycles. The van der Waals surface area contributed by atoms with E-state index in [1.165, 1.54) is 11.1 Å². The summed E-state index contributed by atoms with van der Waals surface area (Å²) in [7, 11) is 1.97. The van der Waals surface area contributed by atoms with Gasteiger partial charge in [0.2, 0.25) is 0 Å². The van der Waals surface area contributed by atoms with Crippen LogP contribution in [0.2, 0.25) is 0 Å². The third-order valence-electron chi connectivity index (χ3n) is 2.91. The molecule has 3 nitrogen and oxygen atoms in total. The lowest BCUT2D eigenvalue weighted by atomic mass is 10.1. The minimum absolute atomic E-state index is 0.873. The molecule has 0 spiro atoms. The molecule has 88 valence electrons. The molecule has 1 aromatic rings. The van der Waals surface area contributed by atoms with E-state index in [0.717, 1.165) is 39.4 Å². The first-order valence-electron chi connectivity index (χ1n) is 5.91. The predicted molar refractivity (Wildman–Crippen MR) is 65.3 cm³/mol. The van der Waals surface area contributed by atoms with Gasteiger partial charge in [-0.1, -0.05) is 24.3 Å². The molecule has 0 amide bonds. The first-order chi connectivity index (χ1) is 7.88. The van der Waals surface area contributed by atoms with Crippen molar-refractivity contribution in [2.75, 3.05) is 33.4 Å². The molecule has 1 heterocycles. The maximum absolute atomic E-state index is 5.34. The Kier molecular flexibility index (Phi) is 4.34. The number of morpholine rings is 1. The van der Waals surface area contributed by atoms with E-state index >= 15 is 0 Å². The van der Waals surface area contributed by atoms with Crippen LogP contribution in [0, 0.1) is 0 Å². The molecule has 1 aliphatic heterocycles. The number of ether oxygens (including phenoxy) is 1. The number of nitrogens with zero attached hydrogens (tertiary/aromatic N) is 1. The molecule has 0 bridgehead atoms. The summed E-state index contributed by atoms with van der Waals surface area (Å²) in [6, 6.07) is 8.85. The van der Waals surface area contributed by atoms with Gasteiger partial charge in [0.15, 0.2) is 0 Å². The van der Waals surface area contributed by atoms with E-state index in [1.807, 2.05) is 7.05 Å². The quantitative estimate of drug-likeness (QED) is 0.826. The fraction of sp³-hybridized carbons (Fsp3) is 0.538. The monoisotopic (exact) mass is 220 g/mol. The van der Waals surface area contributed by atoms with Gasteiger partial charge in [-0.2, -0.15) is 0 Å². The summed E-state index contributed by atoms with van der Waals surface area (Å²) in [5, 5.41) is 3.16. The average molecular weight is 220 g/mol. The lowest BCUT2D eigenvalue weighted by molar-refractivity contribution is 0.0342. The maximum Gasteiger partial charge on any atom is 0.0594 e. The Bertz CT molecular complexity index is 304. The van der Waals surface area contributed by atoms with Gasteiger partial charge >= 0.3 is 0 Å². The molecule has 3 heteroatoms. The zero-order chi connectivity index (χ0) is 11.2. The van der Waals surface area contributed by atoms with Crippen LogP contribution < -0.4 is 5.32 Å². The van der Waals surface area contributed by atoms with Gasteiger partial charge in [0.1, 0.15) is 0 Å². The van der Waals surface area contributed by atoms with E-state index in [-0.39, 0.29) is 0 Å². The Morgan fingerprint density at radius 1 is 1.12 bits per heavy atom. The van der Waals surface area contributed by atoms with Crippen molar-refractivity contribution in [2.24, 2.45) is 0 Å². The van der Waals surface area contributed by atoms with E-state index in [1.54, 1.807) is 0 Å². The zero-order valence-corrected chi connectivity index (χ0v) is 9.91. The van der Waals surface area contributed by atoms with Crippen LogP contribution in [0.4, 0.5) is 0 Å². The molecule has 0 radical (unpaired) electrons. The molecule has 2 rings (SSSR count). The van der Waals surface area contributed by atoms with Gasteiger partial charge in [-0.3, -0.25) is 4.90 Å². The predicted octanol–water partition coefficient (Wildman–Crippen LogP) is 1.24. The SMILES string of the molecule is CNCc1ccc(CN2CCOCC2)cc1. The smallest absolute Gasteiger partial charge is 0.0594 e. The van der Waals surface area contributed by atoms with Gasteiger partial charge in [0.25, 0.3) is 0 Å². The summed E-state index contributed by atoms with van der Waals surface area (Å²) < 4.78 is 5.34. The molecular formula is C13H20N2O. The molecule has 1 aromatic carbocycles. The van der Waals surface area contributed by atoms with E-state index in [0.29, 0.717) is 0 Å². The summed E-state index contributed by atoms with van der Waals surface area (Å²) in [5.74, 6) is 0. The first-order valence-corrected chi connectivity index (χ1v) is 5.91. The summed E-state index contributed by atoms with van der Waals surface area (Å²) in [6.07, 6.45) is 0. The number of rotatable bonds is 4. The van der Waals surface area contributed by atoms with Gasteiger partial charge in [-0.25, -0.2) is 0 Å². The third kappa shape index (κ3) is 3.30. The van der Waals surface area contributed by atoms with Crippen LogP contribution in [0.25, 0.3) is 0 Å². The Hall–Kier alpha value is -0.900. The van der Waals surface area contributed by atoms with Crippen LogP contribution >= 0.6 is 0 Å². The van der Waals surface area contributed by atoms with Crippen LogP contribution in [0.5, 0.6) is 0 Å². The number of benzene rings is 1. The molecule has 0 atom stereocenters. The van der Waals surface area contributed by atoms with Crippen LogP contribution in [0.15, 0.2) is 24.3 Å². The fourth-order valence-corrected chi connectivity index (χ4v) is 1.98. The first kappa shape index (κ1) is 11.6. The van der Waals surface area contributed by atoms with E-state index in [9.17, 15) is 0 Å². The standard InChI is InChI=1S/C13H20N2O/c1-14-10-12-2-4-13(5-3-12)11-15-6-8-16-9-7-15/h2-5,14H,6-11H2,1H3. The number of hydrogen-bond acceptors (Lipinski definition) is 3.